The summed E-state index contributed by atoms with van der Waals surface area (Å²) in [6.45, 7) is 0.263. The number of esters is 1. The van der Waals surface area contributed by atoms with Gasteiger partial charge in [-0.3, -0.25) is 9.89 Å². The van der Waals surface area contributed by atoms with Crippen LogP contribution in [0.2, 0.25) is 0 Å². The molecule has 0 atom stereocenters. The number of hydrogen-bond acceptors (Lipinski definition) is 4. The van der Waals surface area contributed by atoms with Crippen molar-refractivity contribution in [3.63, 3.8) is 0 Å². The van der Waals surface area contributed by atoms with Crippen LogP contribution in [0.5, 0.6) is 0 Å². The van der Waals surface area contributed by atoms with Crippen molar-refractivity contribution in [2.24, 2.45) is 0 Å². The molecule has 1 fully saturated rings. The second-order valence-electron chi connectivity index (χ2n) is 4.12. The molecule has 0 unspecified atom stereocenters. The highest BCUT2D eigenvalue weighted by Crippen LogP contribution is 2.38. The smallest absolute Gasteiger partial charge is 0.330 e. The Morgan fingerprint density at radius 3 is 3.06 bits per heavy atom. The minimum atomic E-state index is -0.444. The van der Waals surface area contributed by atoms with E-state index in [1.165, 1.54) is 19.3 Å². The molecule has 1 aliphatic rings. The molecule has 0 saturated heterocycles. The summed E-state index contributed by atoms with van der Waals surface area (Å²) in [6, 6.07) is 1.77. The van der Waals surface area contributed by atoms with E-state index in [9.17, 15) is 9.59 Å². The minimum Gasteiger partial charge on any atom is -0.466 e. The number of aromatic nitrogens is 2. The number of aromatic amines is 1. The number of carbonyl (C=O) groups excluding carboxylic acids is 2. The summed E-state index contributed by atoms with van der Waals surface area (Å²) < 4.78 is 4.42. The van der Waals surface area contributed by atoms with Crippen molar-refractivity contribution in [2.75, 3.05) is 13.7 Å². The summed E-state index contributed by atoms with van der Waals surface area (Å²) in [7, 11) is 1.30. The van der Waals surface area contributed by atoms with Crippen molar-refractivity contribution in [2.45, 2.75) is 18.8 Å². The monoisotopic (exact) mass is 249 g/mol. The highest BCUT2D eigenvalue weighted by atomic mass is 16.5. The number of nitrogens with zero attached hydrogens (tertiary/aromatic N) is 1. The van der Waals surface area contributed by atoms with Gasteiger partial charge in [0.1, 0.15) is 5.69 Å². The van der Waals surface area contributed by atoms with E-state index < -0.39 is 5.97 Å². The van der Waals surface area contributed by atoms with Crippen molar-refractivity contribution in [3.8, 4) is 0 Å². The third-order valence-corrected chi connectivity index (χ3v) is 2.68. The maximum atomic E-state index is 11.7. The normalized spacial score (nSPS) is 14.7. The third kappa shape index (κ3) is 3.19. The first-order chi connectivity index (χ1) is 8.70. The van der Waals surface area contributed by atoms with E-state index in [1.807, 2.05) is 0 Å². The van der Waals surface area contributed by atoms with Gasteiger partial charge in [0.2, 0.25) is 0 Å². The molecule has 6 nitrogen and oxygen atoms in total. The molecule has 1 aromatic rings. The van der Waals surface area contributed by atoms with Crippen LogP contribution in [-0.2, 0) is 9.53 Å². The highest BCUT2D eigenvalue weighted by Gasteiger charge is 2.26. The Kier molecular flexibility index (Phi) is 3.76. The average Bonchev–Trinajstić information content (AvgIpc) is 3.11. The van der Waals surface area contributed by atoms with Crippen LogP contribution in [0.15, 0.2) is 18.2 Å². The topological polar surface area (TPSA) is 84.1 Å². The van der Waals surface area contributed by atoms with Crippen LogP contribution in [0, 0.1) is 0 Å². The van der Waals surface area contributed by atoms with Gasteiger partial charge in [-0.25, -0.2) is 4.79 Å². The molecule has 1 heterocycles. The lowest BCUT2D eigenvalue weighted by Gasteiger charge is -1.97. The van der Waals surface area contributed by atoms with Gasteiger partial charge >= 0.3 is 5.97 Å². The molecular formula is C12H15N3O3. The Hall–Kier alpha value is -2.11. The number of rotatable bonds is 5. The van der Waals surface area contributed by atoms with Gasteiger partial charge in [-0.2, -0.15) is 5.10 Å². The lowest BCUT2D eigenvalue weighted by Crippen LogP contribution is -2.23. The van der Waals surface area contributed by atoms with E-state index in [4.69, 9.17) is 0 Å². The van der Waals surface area contributed by atoms with Crippen LogP contribution in [-0.4, -0.2) is 35.7 Å². The molecule has 0 radical (unpaired) electrons. The molecule has 1 aromatic heterocycles. The molecule has 2 N–H and O–H groups in total. The van der Waals surface area contributed by atoms with Crippen LogP contribution in [0.4, 0.5) is 0 Å². The number of nitrogens with one attached hydrogen (secondary N) is 2. The molecule has 0 spiro atoms. The van der Waals surface area contributed by atoms with Gasteiger partial charge in [0, 0.05) is 24.2 Å². The molecule has 1 saturated carbocycles. The van der Waals surface area contributed by atoms with Crippen LogP contribution < -0.4 is 5.32 Å². The average molecular weight is 249 g/mol. The molecule has 0 aliphatic heterocycles. The molecule has 0 bridgehead atoms. The van der Waals surface area contributed by atoms with Crippen LogP contribution in [0.1, 0.15) is 34.9 Å². The van der Waals surface area contributed by atoms with Crippen molar-refractivity contribution >= 4 is 11.9 Å². The van der Waals surface area contributed by atoms with Gasteiger partial charge in [-0.1, -0.05) is 6.08 Å². The van der Waals surface area contributed by atoms with Crippen LogP contribution in [0.3, 0.4) is 0 Å². The van der Waals surface area contributed by atoms with Gasteiger partial charge in [-0.15, -0.1) is 0 Å². The molecule has 0 aromatic carbocycles. The molecular weight excluding hydrogens is 234 g/mol. The Bertz CT molecular complexity index is 475. The Morgan fingerprint density at radius 2 is 2.39 bits per heavy atom. The second-order valence-corrected chi connectivity index (χ2v) is 4.12. The van der Waals surface area contributed by atoms with Crippen molar-refractivity contribution in [1.82, 2.24) is 15.5 Å². The second kappa shape index (κ2) is 5.48. The number of hydrogen-bond donors (Lipinski definition) is 2. The Balaban J connectivity index is 1.80. The zero-order chi connectivity index (χ0) is 13.0. The lowest BCUT2D eigenvalue weighted by molar-refractivity contribution is -0.134. The number of amides is 1. The molecule has 1 aliphatic carbocycles. The van der Waals surface area contributed by atoms with Gasteiger partial charge in [0.15, 0.2) is 0 Å². The van der Waals surface area contributed by atoms with Gasteiger partial charge in [-0.05, 0) is 18.9 Å². The zero-order valence-corrected chi connectivity index (χ0v) is 10.1. The first-order valence-corrected chi connectivity index (χ1v) is 5.78. The Labute approximate surface area is 104 Å². The first-order valence-electron chi connectivity index (χ1n) is 5.78. The third-order valence-electron chi connectivity index (χ3n) is 2.68. The molecule has 1 amide bonds. The van der Waals surface area contributed by atoms with E-state index >= 15 is 0 Å². The summed E-state index contributed by atoms with van der Waals surface area (Å²) in [5.41, 5.74) is 1.40. The maximum Gasteiger partial charge on any atom is 0.330 e. The van der Waals surface area contributed by atoms with Gasteiger partial charge < -0.3 is 10.1 Å². The molecule has 96 valence electrons. The van der Waals surface area contributed by atoms with Crippen molar-refractivity contribution in [3.05, 3.63) is 29.6 Å². The summed E-state index contributed by atoms with van der Waals surface area (Å²) in [5, 5.41) is 9.45. The quantitative estimate of drug-likeness (QED) is 0.595. The van der Waals surface area contributed by atoms with E-state index in [0.29, 0.717) is 11.6 Å². The fourth-order valence-electron chi connectivity index (χ4n) is 1.52. The number of methoxy groups -OCH3 is 1. The highest BCUT2D eigenvalue weighted by molar-refractivity contribution is 5.92. The van der Waals surface area contributed by atoms with Gasteiger partial charge in [0.05, 0.1) is 7.11 Å². The van der Waals surface area contributed by atoms with Crippen LogP contribution in [0.25, 0.3) is 0 Å². The first kappa shape index (κ1) is 12.3. The minimum absolute atomic E-state index is 0.257. The standard InChI is InChI=1S/C12H15N3O3/c1-18-11(16)3-2-6-13-12(17)10-7-9(14-15-10)8-4-5-8/h2-3,7-8H,4-6H2,1H3,(H,13,17)(H,14,15)/b3-2+. The Morgan fingerprint density at radius 1 is 1.61 bits per heavy atom. The fraction of sp³-hybridized carbons (Fsp3) is 0.417. The molecule has 2 rings (SSSR count). The number of carbonyl (C=O) groups is 2. The van der Waals surface area contributed by atoms with E-state index in [1.54, 1.807) is 6.07 Å². The predicted octanol–water partition coefficient (Wildman–Crippen LogP) is 0.746. The van der Waals surface area contributed by atoms with Crippen LogP contribution >= 0.6 is 0 Å². The van der Waals surface area contributed by atoms with E-state index in [-0.39, 0.29) is 12.5 Å². The number of H-pyrrole nitrogens is 1. The molecule has 18 heavy (non-hydrogen) atoms. The fourth-order valence-corrected chi connectivity index (χ4v) is 1.52. The zero-order valence-electron chi connectivity index (χ0n) is 10.1. The number of ether oxygens (including phenoxy) is 1. The SMILES string of the molecule is COC(=O)/C=C/CNC(=O)c1cc(C2CC2)[nH]n1. The summed E-state index contributed by atoms with van der Waals surface area (Å²) in [5.74, 6) is -0.161. The maximum absolute atomic E-state index is 11.7. The molecule has 6 heteroatoms. The summed E-state index contributed by atoms with van der Waals surface area (Å²) in [6.07, 6.45) is 5.11. The summed E-state index contributed by atoms with van der Waals surface area (Å²) in [4.78, 5) is 22.4. The van der Waals surface area contributed by atoms with Crippen molar-refractivity contribution in [1.29, 1.82) is 0 Å². The summed E-state index contributed by atoms with van der Waals surface area (Å²) >= 11 is 0. The van der Waals surface area contributed by atoms with Crippen molar-refractivity contribution < 1.29 is 14.3 Å². The van der Waals surface area contributed by atoms with Gasteiger partial charge in [0.25, 0.3) is 5.91 Å². The van der Waals surface area contributed by atoms with E-state index in [0.717, 1.165) is 18.5 Å². The lowest BCUT2D eigenvalue weighted by atomic mass is 10.2. The largest absolute Gasteiger partial charge is 0.466 e. The van der Waals surface area contributed by atoms with E-state index in [2.05, 4.69) is 20.3 Å². The predicted molar refractivity (Wildman–Crippen MR) is 64.1 cm³/mol.